The predicted molar refractivity (Wildman–Crippen MR) is 87.6 cm³/mol. The second kappa shape index (κ2) is 8.13. The molecular formula is C17H28N2O3. The minimum absolute atomic E-state index is 0.0220. The van der Waals surface area contributed by atoms with Gasteiger partial charge in [0.2, 0.25) is 0 Å². The number of hydrogen-bond acceptors (Lipinski definition) is 4. The molecule has 5 heteroatoms. The van der Waals surface area contributed by atoms with Crippen molar-refractivity contribution in [2.24, 2.45) is 0 Å². The number of carbonyl (C=O) groups is 2. The molecule has 0 spiro atoms. The number of ketones is 1. The number of unbranched alkanes of at least 4 members (excludes halogenated alkanes) is 1. The normalized spacial score (nSPS) is 12.5. The standard InChI is InChI=1S/C17H28N2O3/c1-7-9-10-19(8-2)13(5)16(20)15-11(3)14(12(4)18-15)17(21)22-6/h13,18H,7-10H2,1-6H3. The molecule has 1 unspecified atom stereocenters. The van der Waals surface area contributed by atoms with E-state index in [-0.39, 0.29) is 11.8 Å². The average Bonchev–Trinajstić information content (AvgIpc) is 2.81. The summed E-state index contributed by atoms with van der Waals surface area (Å²) in [5, 5.41) is 0. The maximum Gasteiger partial charge on any atom is 0.339 e. The number of likely N-dealkylation sites (N-methyl/N-ethyl adjacent to an activating group) is 1. The van der Waals surface area contributed by atoms with Crippen molar-refractivity contribution >= 4 is 11.8 Å². The van der Waals surface area contributed by atoms with E-state index in [0.29, 0.717) is 22.5 Å². The van der Waals surface area contributed by atoms with Gasteiger partial charge in [0.15, 0.2) is 5.78 Å². The highest BCUT2D eigenvalue weighted by Crippen LogP contribution is 2.21. The molecule has 0 amide bonds. The number of nitrogens with zero attached hydrogens (tertiary/aromatic N) is 1. The van der Waals surface area contributed by atoms with Gasteiger partial charge in [0.1, 0.15) is 0 Å². The SMILES string of the molecule is CCCCN(CC)C(C)C(=O)c1[nH]c(C)c(C(=O)OC)c1C. The van der Waals surface area contributed by atoms with Crippen LogP contribution in [-0.2, 0) is 4.74 Å². The fourth-order valence-electron chi connectivity index (χ4n) is 2.77. The molecule has 0 aliphatic carbocycles. The van der Waals surface area contributed by atoms with Crippen LogP contribution in [0.5, 0.6) is 0 Å². The zero-order valence-electron chi connectivity index (χ0n) is 14.6. The Morgan fingerprint density at radius 3 is 2.41 bits per heavy atom. The molecule has 0 radical (unpaired) electrons. The molecule has 0 fully saturated rings. The summed E-state index contributed by atoms with van der Waals surface area (Å²) < 4.78 is 4.79. The molecule has 1 aromatic heterocycles. The molecule has 0 aliphatic rings. The van der Waals surface area contributed by atoms with Gasteiger partial charge in [-0.25, -0.2) is 4.79 Å². The lowest BCUT2D eigenvalue weighted by atomic mass is 10.0. The van der Waals surface area contributed by atoms with Crippen LogP contribution in [0.2, 0.25) is 0 Å². The number of ether oxygens (including phenoxy) is 1. The second-order valence-electron chi connectivity index (χ2n) is 5.64. The van der Waals surface area contributed by atoms with Crippen molar-refractivity contribution in [2.45, 2.75) is 53.5 Å². The predicted octanol–water partition coefficient (Wildman–Crippen LogP) is 3.11. The molecule has 1 rings (SSSR count). The first-order valence-electron chi connectivity index (χ1n) is 7.94. The summed E-state index contributed by atoms with van der Waals surface area (Å²) in [5.74, 6) is -0.384. The van der Waals surface area contributed by atoms with Gasteiger partial charge in [-0.15, -0.1) is 0 Å². The number of Topliss-reactive ketones (excluding diaryl/α,β-unsaturated/α-hetero) is 1. The number of aromatic nitrogens is 1. The van der Waals surface area contributed by atoms with E-state index in [1.165, 1.54) is 7.11 Å². The largest absolute Gasteiger partial charge is 0.465 e. The summed E-state index contributed by atoms with van der Waals surface area (Å²) in [7, 11) is 1.35. The molecule has 0 saturated heterocycles. The fourth-order valence-corrected chi connectivity index (χ4v) is 2.77. The summed E-state index contributed by atoms with van der Waals surface area (Å²) in [5.41, 5.74) is 2.33. The Morgan fingerprint density at radius 1 is 1.27 bits per heavy atom. The molecule has 22 heavy (non-hydrogen) atoms. The van der Waals surface area contributed by atoms with E-state index < -0.39 is 5.97 Å². The molecule has 1 aromatic rings. The smallest absolute Gasteiger partial charge is 0.339 e. The summed E-state index contributed by atoms with van der Waals surface area (Å²) in [6, 6.07) is -0.209. The van der Waals surface area contributed by atoms with Gasteiger partial charge in [-0.3, -0.25) is 9.69 Å². The van der Waals surface area contributed by atoms with Crippen LogP contribution in [0, 0.1) is 13.8 Å². The summed E-state index contributed by atoms with van der Waals surface area (Å²) in [4.78, 5) is 29.8. The van der Waals surface area contributed by atoms with Crippen molar-refractivity contribution in [3.63, 3.8) is 0 Å². The fraction of sp³-hybridized carbons (Fsp3) is 0.647. The molecule has 124 valence electrons. The van der Waals surface area contributed by atoms with E-state index in [4.69, 9.17) is 4.74 Å². The number of H-pyrrole nitrogens is 1. The number of esters is 1. The molecule has 1 atom stereocenters. The van der Waals surface area contributed by atoms with Gasteiger partial charge in [0.25, 0.3) is 0 Å². The van der Waals surface area contributed by atoms with Gasteiger partial charge in [0, 0.05) is 5.69 Å². The number of aromatic amines is 1. The molecule has 5 nitrogen and oxygen atoms in total. The number of rotatable bonds is 8. The number of methoxy groups -OCH3 is 1. The van der Waals surface area contributed by atoms with E-state index in [9.17, 15) is 9.59 Å². The van der Waals surface area contributed by atoms with E-state index >= 15 is 0 Å². The second-order valence-corrected chi connectivity index (χ2v) is 5.64. The molecule has 0 saturated carbocycles. The Balaban J connectivity index is 3.05. The van der Waals surface area contributed by atoms with Crippen LogP contribution in [0.4, 0.5) is 0 Å². The van der Waals surface area contributed by atoms with Gasteiger partial charge >= 0.3 is 5.97 Å². The highest BCUT2D eigenvalue weighted by molar-refractivity contribution is 6.03. The van der Waals surface area contributed by atoms with E-state index in [1.54, 1.807) is 13.8 Å². The highest BCUT2D eigenvalue weighted by atomic mass is 16.5. The Kier molecular flexibility index (Phi) is 6.81. The van der Waals surface area contributed by atoms with Crippen LogP contribution in [0.1, 0.15) is 65.7 Å². The molecule has 0 aromatic carbocycles. The van der Waals surface area contributed by atoms with E-state index in [2.05, 4.69) is 23.7 Å². The lowest BCUT2D eigenvalue weighted by Crippen LogP contribution is -2.40. The highest BCUT2D eigenvalue weighted by Gasteiger charge is 2.27. The Hall–Kier alpha value is -1.62. The summed E-state index contributed by atoms with van der Waals surface area (Å²) >= 11 is 0. The first-order valence-corrected chi connectivity index (χ1v) is 7.94. The Bertz CT molecular complexity index is 534. The average molecular weight is 308 g/mol. The molecular weight excluding hydrogens is 280 g/mol. The van der Waals surface area contributed by atoms with Crippen molar-refractivity contribution in [3.05, 3.63) is 22.5 Å². The summed E-state index contributed by atoms with van der Waals surface area (Å²) in [6.07, 6.45) is 2.17. The number of aryl methyl sites for hydroxylation is 1. The molecule has 1 heterocycles. The zero-order chi connectivity index (χ0) is 16.9. The van der Waals surface area contributed by atoms with E-state index in [0.717, 1.165) is 25.9 Å². The maximum absolute atomic E-state index is 12.8. The third kappa shape index (κ3) is 3.77. The van der Waals surface area contributed by atoms with Gasteiger partial charge in [-0.05, 0) is 45.8 Å². The third-order valence-electron chi connectivity index (χ3n) is 4.21. The third-order valence-corrected chi connectivity index (χ3v) is 4.21. The van der Waals surface area contributed by atoms with Gasteiger partial charge in [0.05, 0.1) is 24.4 Å². The van der Waals surface area contributed by atoms with Crippen molar-refractivity contribution in [3.8, 4) is 0 Å². The van der Waals surface area contributed by atoms with Gasteiger partial charge in [-0.2, -0.15) is 0 Å². The topological polar surface area (TPSA) is 62.4 Å². The monoisotopic (exact) mass is 308 g/mol. The van der Waals surface area contributed by atoms with Crippen molar-refractivity contribution in [1.82, 2.24) is 9.88 Å². The van der Waals surface area contributed by atoms with Gasteiger partial charge < -0.3 is 9.72 Å². The minimum Gasteiger partial charge on any atom is -0.465 e. The number of hydrogen-bond donors (Lipinski definition) is 1. The van der Waals surface area contributed by atoms with Crippen LogP contribution in [0.15, 0.2) is 0 Å². The maximum atomic E-state index is 12.8. The molecule has 0 bridgehead atoms. The van der Waals surface area contributed by atoms with Crippen molar-refractivity contribution in [1.29, 1.82) is 0 Å². The van der Waals surface area contributed by atoms with Crippen LogP contribution in [0.25, 0.3) is 0 Å². The Labute approximate surface area is 133 Å². The first-order chi connectivity index (χ1) is 10.4. The van der Waals surface area contributed by atoms with Crippen molar-refractivity contribution in [2.75, 3.05) is 20.2 Å². The van der Waals surface area contributed by atoms with Crippen molar-refractivity contribution < 1.29 is 14.3 Å². The Morgan fingerprint density at radius 2 is 1.91 bits per heavy atom. The number of nitrogens with one attached hydrogen (secondary N) is 1. The lowest BCUT2D eigenvalue weighted by Gasteiger charge is -2.26. The minimum atomic E-state index is -0.406. The van der Waals surface area contributed by atoms with Crippen LogP contribution < -0.4 is 0 Å². The lowest BCUT2D eigenvalue weighted by molar-refractivity contribution is 0.0599. The van der Waals surface area contributed by atoms with Crippen LogP contribution in [-0.4, -0.2) is 47.9 Å². The van der Waals surface area contributed by atoms with Gasteiger partial charge in [-0.1, -0.05) is 20.3 Å². The van der Waals surface area contributed by atoms with Crippen LogP contribution in [0.3, 0.4) is 0 Å². The quantitative estimate of drug-likeness (QED) is 0.592. The first kappa shape index (κ1) is 18.4. The van der Waals surface area contributed by atoms with Crippen LogP contribution >= 0.6 is 0 Å². The molecule has 0 aliphatic heterocycles. The van der Waals surface area contributed by atoms with E-state index in [1.807, 2.05) is 6.92 Å². The number of carbonyl (C=O) groups excluding carboxylic acids is 2. The zero-order valence-corrected chi connectivity index (χ0v) is 14.6. The molecule has 1 N–H and O–H groups in total. The summed E-state index contributed by atoms with van der Waals surface area (Å²) in [6.45, 7) is 11.4.